The van der Waals surface area contributed by atoms with E-state index >= 15 is 0 Å². The number of fused-ring (bicyclic) bond motifs is 4. The second-order valence-electron chi connectivity index (χ2n) is 10.1. The maximum atomic E-state index is 6.69. The molecule has 0 aromatic carbocycles. The van der Waals surface area contributed by atoms with Crippen molar-refractivity contribution >= 4 is 47.0 Å². The van der Waals surface area contributed by atoms with Gasteiger partial charge in [-0.2, -0.15) is 0 Å². The fourth-order valence-electron chi connectivity index (χ4n) is 4.95. The van der Waals surface area contributed by atoms with E-state index in [-0.39, 0.29) is 11.8 Å². The van der Waals surface area contributed by atoms with Gasteiger partial charge in [-0.3, -0.25) is 0 Å². The molecule has 5 radical (unpaired) electrons. The Morgan fingerprint density at radius 1 is 1.03 bits per heavy atom. The number of thioether (sulfide) groups is 1. The summed E-state index contributed by atoms with van der Waals surface area (Å²) < 4.78 is 0. The van der Waals surface area contributed by atoms with E-state index in [2.05, 4.69) is 35.0 Å². The van der Waals surface area contributed by atoms with E-state index in [0.717, 1.165) is 36.0 Å². The average Bonchev–Trinajstić information content (AvgIpc) is 2.71. The zero-order valence-corrected chi connectivity index (χ0v) is 20.3. The highest BCUT2D eigenvalue weighted by molar-refractivity contribution is 7.99. The van der Waals surface area contributed by atoms with Crippen LogP contribution in [0.5, 0.6) is 0 Å². The maximum absolute atomic E-state index is 6.69. The molecule has 3 rings (SSSR count). The third-order valence-electron chi connectivity index (χ3n) is 7.56. The van der Waals surface area contributed by atoms with Crippen molar-refractivity contribution in [3.63, 3.8) is 0 Å². The molecule has 1 aromatic rings. The first-order valence-corrected chi connectivity index (χ1v) is 13.0. The first-order valence-electron chi connectivity index (χ1n) is 12.1. The van der Waals surface area contributed by atoms with Crippen molar-refractivity contribution in [1.82, 2.24) is 15.0 Å². The summed E-state index contributed by atoms with van der Waals surface area (Å²) in [6, 6.07) is 0. The molecule has 0 spiro atoms. The van der Waals surface area contributed by atoms with Crippen LogP contribution in [0, 0.1) is 5.92 Å². The van der Waals surface area contributed by atoms with Crippen molar-refractivity contribution in [2.24, 2.45) is 5.92 Å². The van der Waals surface area contributed by atoms with Gasteiger partial charge in [0.1, 0.15) is 5.82 Å². The monoisotopic (exact) mass is 418 g/mol. The minimum atomic E-state index is -0.426. The Morgan fingerprint density at radius 2 is 1.73 bits per heavy atom. The topological polar surface area (TPSA) is 38.7 Å². The lowest BCUT2D eigenvalue weighted by Gasteiger charge is -2.42. The minimum absolute atomic E-state index is 0.164. The SMILES string of the molecule is [B]B(C([B])(C)CC)C(C)([B]c1nc2nc(n1)SC1CCCCCCCC(C2)C1)CC. The predicted molar refractivity (Wildman–Crippen MR) is 134 cm³/mol. The van der Waals surface area contributed by atoms with Crippen LogP contribution < -0.4 is 5.72 Å². The Bertz CT molecular complexity index is 671. The van der Waals surface area contributed by atoms with Crippen LogP contribution in [0.1, 0.15) is 97.7 Å². The summed E-state index contributed by atoms with van der Waals surface area (Å²) in [5, 5.41) is 0.835. The van der Waals surface area contributed by atoms with E-state index in [1.165, 1.54) is 51.4 Å². The molecule has 157 valence electrons. The standard InChI is InChI=1S/C22H36B4N3S/c1-5-21(3,23)26(24)22(4,6-2)25-19-27-18-15-16-12-10-8-7-9-11-13-17(14-16)30-20(28-18)29-19/h16-17H,5-15H2,1-4H3. The quantitative estimate of drug-likeness (QED) is 0.636. The molecule has 0 N–H and O–H groups in total. The summed E-state index contributed by atoms with van der Waals surface area (Å²) in [5.74, 6) is 1.65. The summed E-state index contributed by atoms with van der Waals surface area (Å²) in [7, 11) is 15.4. The fourth-order valence-corrected chi connectivity index (χ4v) is 6.20. The van der Waals surface area contributed by atoms with Crippen LogP contribution in [0.15, 0.2) is 5.16 Å². The predicted octanol–water partition coefficient (Wildman–Crippen LogP) is 4.55. The van der Waals surface area contributed by atoms with Gasteiger partial charge in [-0.25, -0.2) is 15.0 Å². The summed E-state index contributed by atoms with van der Waals surface area (Å²) in [5.41, 5.74) is 0.778. The van der Waals surface area contributed by atoms with Gasteiger partial charge in [-0.15, -0.1) is 0 Å². The Labute approximate surface area is 192 Å². The van der Waals surface area contributed by atoms with Crippen LogP contribution in [-0.2, 0) is 6.42 Å². The van der Waals surface area contributed by atoms with Crippen molar-refractivity contribution in [3.05, 3.63) is 5.82 Å². The van der Waals surface area contributed by atoms with Gasteiger partial charge in [0.15, 0.2) is 5.16 Å². The lowest BCUT2D eigenvalue weighted by molar-refractivity contribution is 0.383. The molecule has 1 aromatic heterocycles. The highest BCUT2D eigenvalue weighted by Gasteiger charge is 2.41. The van der Waals surface area contributed by atoms with E-state index in [0.29, 0.717) is 11.2 Å². The Kier molecular flexibility index (Phi) is 8.49. The van der Waals surface area contributed by atoms with Gasteiger partial charge in [-0.1, -0.05) is 94.8 Å². The third-order valence-corrected chi connectivity index (χ3v) is 8.71. The molecule has 4 atom stereocenters. The molecule has 2 heterocycles. The fraction of sp³-hybridized carbons (Fsp3) is 0.864. The van der Waals surface area contributed by atoms with Gasteiger partial charge < -0.3 is 0 Å². The van der Waals surface area contributed by atoms with Crippen LogP contribution in [0.2, 0.25) is 10.4 Å². The molecule has 4 bridgehead atoms. The molecule has 2 aliphatic rings. The molecular formula is C22H36B4N3S. The first-order chi connectivity index (χ1) is 14.3. The molecule has 8 heteroatoms. The first kappa shape index (κ1) is 24.3. The van der Waals surface area contributed by atoms with Crippen molar-refractivity contribution in [2.75, 3.05) is 0 Å². The molecule has 1 aliphatic heterocycles. The zero-order chi connectivity index (χ0) is 21.8. The number of hydrogen-bond donors (Lipinski definition) is 0. The Morgan fingerprint density at radius 3 is 2.43 bits per heavy atom. The van der Waals surface area contributed by atoms with Crippen LogP contribution >= 0.6 is 11.8 Å². The molecule has 4 unspecified atom stereocenters. The van der Waals surface area contributed by atoms with Crippen molar-refractivity contribution < 1.29 is 0 Å². The molecular weight excluding hydrogens is 382 g/mol. The molecule has 30 heavy (non-hydrogen) atoms. The van der Waals surface area contributed by atoms with Gasteiger partial charge >= 0.3 is 0 Å². The Hall–Kier alpha value is -0.380. The molecule has 1 aliphatic carbocycles. The molecule has 3 nitrogen and oxygen atoms in total. The maximum Gasteiger partial charge on any atom is 0.202 e. The van der Waals surface area contributed by atoms with Gasteiger partial charge in [0.2, 0.25) is 7.28 Å². The molecule has 1 fully saturated rings. The number of aromatic nitrogens is 3. The minimum Gasteiger partial charge on any atom is -0.229 e. The lowest BCUT2D eigenvalue weighted by atomic mass is 9.03. The summed E-state index contributed by atoms with van der Waals surface area (Å²) >= 11 is 1.88. The average molecular weight is 418 g/mol. The molecule has 0 amide bonds. The van der Waals surface area contributed by atoms with Crippen LogP contribution in [0.4, 0.5) is 0 Å². The van der Waals surface area contributed by atoms with Gasteiger partial charge in [0.25, 0.3) is 0 Å². The zero-order valence-electron chi connectivity index (χ0n) is 19.5. The van der Waals surface area contributed by atoms with Gasteiger partial charge in [0, 0.05) is 19.4 Å². The number of rotatable bonds is 6. The molecule has 1 saturated carbocycles. The second-order valence-corrected chi connectivity index (χ2v) is 11.4. The van der Waals surface area contributed by atoms with E-state index in [1.54, 1.807) is 0 Å². The van der Waals surface area contributed by atoms with Crippen LogP contribution in [0.3, 0.4) is 0 Å². The van der Waals surface area contributed by atoms with Gasteiger partial charge in [-0.05, 0) is 25.2 Å². The Balaban J connectivity index is 1.85. The van der Waals surface area contributed by atoms with Crippen molar-refractivity contribution in [1.29, 1.82) is 0 Å². The second kappa shape index (κ2) is 10.5. The molecule has 0 saturated heterocycles. The number of hydrogen-bond acceptors (Lipinski definition) is 4. The van der Waals surface area contributed by atoms with E-state index in [4.69, 9.17) is 30.5 Å². The largest absolute Gasteiger partial charge is 0.229 e. The van der Waals surface area contributed by atoms with Crippen molar-refractivity contribution in [2.45, 2.75) is 119 Å². The van der Waals surface area contributed by atoms with Gasteiger partial charge in [0.05, 0.1) is 20.2 Å². The highest BCUT2D eigenvalue weighted by atomic mass is 32.2. The summed E-state index contributed by atoms with van der Waals surface area (Å²) in [6.07, 6.45) is 13.4. The van der Waals surface area contributed by atoms with Crippen LogP contribution in [0.25, 0.3) is 0 Å². The lowest BCUT2D eigenvalue weighted by Crippen LogP contribution is -2.49. The highest BCUT2D eigenvalue weighted by Crippen LogP contribution is 2.43. The summed E-state index contributed by atoms with van der Waals surface area (Å²) in [4.78, 5) is 14.6. The van der Waals surface area contributed by atoms with E-state index < -0.39 is 5.21 Å². The third kappa shape index (κ3) is 6.11. The smallest absolute Gasteiger partial charge is 0.202 e. The van der Waals surface area contributed by atoms with E-state index in [9.17, 15) is 0 Å². The van der Waals surface area contributed by atoms with E-state index in [1.807, 2.05) is 11.8 Å². The number of nitrogens with zero attached hydrogens (tertiary/aromatic N) is 3. The summed E-state index contributed by atoms with van der Waals surface area (Å²) in [6.45, 7) is 8.36. The van der Waals surface area contributed by atoms with Crippen LogP contribution in [-0.4, -0.2) is 49.7 Å². The van der Waals surface area contributed by atoms with Crippen molar-refractivity contribution in [3.8, 4) is 0 Å². The normalized spacial score (nSPS) is 26.4.